The molecule has 2 aromatic carbocycles. The number of oxime groups is 1. The number of amidine groups is 1. The van der Waals surface area contributed by atoms with Crippen LogP contribution in [0.15, 0.2) is 59.8 Å². The molecule has 2 aromatic rings. The summed E-state index contributed by atoms with van der Waals surface area (Å²) in [4.78, 5) is 0. The number of hydrogen-bond acceptors (Lipinski definition) is 3. The minimum Gasteiger partial charge on any atom is -0.409 e. The Bertz CT molecular complexity index is 601. The second-order valence-corrected chi connectivity index (χ2v) is 4.45. The van der Waals surface area contributed by atoms with E-state index in [0.29, 0.717) is 16.1 Å². The number of nitrogens with two attached hydrogens (primary N) is 1. The molecule has 0 spiro atoms. The quantitative estimate of drug-likeness (QED) is 0.348. The predicted octanol–water partition coefficient (Wildman–Crippen LogP) is 2.32. The highest BCUT2D eigenvalue weighted by molar-refractivity contribution is 6.31. The van der Waals surface area contributed by atoms with Gasteiger partial charge in [-0.1, -0.05) is 65.3 Å². The minimum atomic E-state index is -1.77. The smallest absolute Gasteiger partial charge is 0.180 e. The van der Waals surface area contributed by atoms with Crippen molar-refractivity contribution in [3.8, 4) is 0 Å². The van der Waals surface area contributed by atoms with Gasteiger partial charge in [0.05, 0.1) is 0 Å². The van der Waals surface area contributed by atoms with Gasteiger partial charge >= 0.3 is 0 Å². The van der Waals surface area contributed by atoms with E-state index in [0.717, 1.165) is 0 Å². The lowest BCUT2D eigenvalue weighted by Gasteiger charge is -2.28. The lowest BCUT2D eigenvalue weighted by molar-refractivity contribution is 0.148. The van der Waals surface area contributed by atoms with E-state index in [2.05, 4.69) is 5.16 Å². The molecule has 4 nitrogen and oxygen atoms in total. The van der Waals surface area contributed by atoms with Crippen molar-refractivity contribution < 1.29 is 10.3 Å². The van der Waals surface area contributed by atoms with E-state index >= 15 is 0 Å². The van der Waals surface area contributed by atoms with Crippen LogP contribution < -0.4 is 5.73 Å². The zero-order valence-electron chi connectivity index (χ0n) is 9.99. The normalized spacial score (nSPS) is 14.9. The summed E-state index contributed by atoms with van der Waals surface area (Å²) in [5.74, 6) is -0.341. The highest BCUT2D eigenvalue weighted by atomic mass is 35.5. The van der Waals surface area contributed by atoms with Crippen LogP contribution in [-0.4, -0.2) is 16.1 Å². The van der Waals surface area contributed by atoms with Crippen LogP contribution in [0.3, 0.4) is 0 Å². The first-order chi connectivity index (χ1) is 9.10. The average molecular weight is 277 g/mol. The lowest BCUT2D eigenvalue weighted by Crippen LogP contribution is -2.42. The molecule has 0 saturated heterocycles. The highest BCUT2D eigenvalue weighted by Gasteiger charge is 2.38. The number of nitrogens with zero attached hydrogens (tertiary/aromatic N) is 1. The predicted molar refractivity (Wildman–Crippen MR) is 74.3 cm³/mol. The highest BCUT2D eigenvalue weighted by Crippen LogP contribution is 2.34. The number of benzene rings is 2. The van der Waals surface area contributed by atoms with Gasteiger partial charge in [-0.3, -0.25) is 0 Å². The Kier molecular flexibility index (Phi) is 3.74. The van der Waals surface area contributed by atoms with Gasteiger partial charge in [0, 0.05) is 10.6 Å². The van der Waals surface area contributed by atoms with E-state index < -0.39 is 5.60 Å². The SMILES string of the molecule is N/C(=N\O)C(O)(c1ccccc1)c1ccccc1Cl. The van der Waals surface area contributed by atoms with Crippen molar-refractivity contribution in [2.45, 2.75) is 5.60 Å². The van der Waals surface area contributed by atoms with Gasteiger partial charge in [0.25, 0.3) is 0 Å². The third kappa shape index (κ3) is 2.28. The summed E-state index contributed by atoms with van der Waals surface area (Å²) in [6.45, 7) is 0. The molecule has 0 radical (unpaired) electrons. The Morgan fingerprint density at radius 3 is 2.21 bits per heavy atom. The number of hydrogen-bond donors (Lipinski definition) is 3. The van der Waals surface area contributed by atoms with Crippen molar-refractivity contribution in [2.75, 3.05) is 0 Å². The molecule has 0 aliphatic rings. The fourth-order valence-corrected chi connectivity index (χ4v) is 2.22. The summed E-state index contributed by atoms with van der Waals surface area (Å²) in [6, 6.07) is 15.4. The standard InChI is InChI=1S/C14H13ClN2O2/c15-12-9-5-4-8-11(12)14(18,13(16)17-19)10-6-2-1-3-7-10/h1-9,18-19H,(H2,16,17). The number of aliphatic hydroxyl groups is 1. The third-order valence-electron chi connectivity index (χ3n) is 2.93. The van der Waals surface area contributed by atoms with Crippen LogP contribution in [0.25, 0.3) is 0 Å². The third-order valence-corrected chi connectivity index (χ3v) is 3.26. The van der Waals surface area contributed by atoms with Gasteiger partial charge in [-0.05, 0) is 11.6 Å². The van der Waals surface area contributed by atoms with E-state index in [4.69, 9.17) is 22.5 Å². The topological polar surface area (TPSA) is 78.8 Å². The molecule has 2 rings (SSSR count). The average Bonchev–Trinajstić information content (AvgIpc) is 2.47. The molecule has 5 heteroatoms. The fourth-order valence-electron chi connectivity index (χ4n) is 1.95. The Hall–Kier alpha value is -2.04. The van der Waals surface area contributed by atoms with Crippen LogP contribution in [0.1, 0.15) is 11.1 Å². The minimum absolute atomic E-state index is 0.334. The summed E-state index contributed by atoms with van der Waals surface area (Å²) in [7, 11) is 0. The van der Waals surface area contributed by atoms with Crippen molar-refractivity contribution >= 4 is 17.4 Å². The molecule has 4 N–H and O–H groups in total. The van der Waals surface area contributed by atoms with Gasteiger partial charge in [0.15, 0.2) is 11.4 Å². The van der Waals surface area contributed by atoms with Crippen molar-refractivity contribution in [2.24, 2.45) is 10.9 Å². The summed E-state index contributed by atoms with van der Waals surface area (Å²) >= 11 is 6.11. The van der Waals surface area contributed by atoms with Gasteiger partial charge in [-0.25, -0.2) is 0 Å². The van der Waals surface area contributed by atoms with Crippen molar-refractivity contribution in [3.63, 3.8) is 0 Å². The van der Waals surface area contributed by atoms with Crippen LogP contribution in [0.4, 0.5) is 0 Å². The first-order valence-electron chi connectivity index (χ1n) is 5.61. The van der Waals surface area contributed by atoms with E-state index in [-0.39, 0.29) is 5.84 Å². The van der Waals surface area contributed by atoms with Crippen molar-refractivity contribution in [1.29, 1.82) is 0 Å². The molecule has 0 fully saturated rings. The number of rotatable bonds is 3. The molecule has 98 valence electrons. The first kappa shape index (κ1) is 13.4. The van der Waals surface area contributed by atoms with E-state index in [9.17, 15) is 5.11 Å². The van der Waals surface area contributed by atoms with Gasteiger partial charge in [-0.2, -0.15) is 0 Å². The molecule has 0 saturated carbocycles. The molecule has 0 aromatic heterocycles. The molecule has 0 amide bonds. The molecular formula is C14H13ClN2O2. The monoisotopic (exact) mass is 276 g/mol. The van der Waals surface area contributed by atoms with Crippen LogP contribution in [0.5, 0.6) is 0 Å². The van der Waals surface area contributed by atoms with E-state index in [1.807, 2.05) is 6.07 Å². The molecule has 1 atom stereocenters. The van der Waals surface area contributed by atoms with Crippen molar-refractivity contribution in [3.05, 3.63) is 70.7 Å². The lowest BCUT2D eigenvalue weighted by atomic mass is 9.85. The maximum absolute atomic E-state index is 10.9. The summed E-state index contributed by atoms with van der Waals surface area (Å²) in [6.07, 6.45) is 0. The molecular weight excluding hydrogens is 264 g/mol. The molecule has 0 aliphatic carbocycles. The fraction of sp³-hybridized carbons (Fsp3) is 0.0714. The Labute approximate surface area is 115 Å². The molecule has 0 aliphatic heterocycles. The van der Waals surface area contributed by atoms with Gasteiger partial charge < -0.3 is 16.0 Å². The van der Waals surface area contributed by atoms with Gasteiger partial charge in [0.1, 0.15) is 0 Å². The van der Waals surface area contributed by atoms with Crippen molar-refractivity contribution in [1.82, 2.24) is 0 Å². The Morgan fingerprint density at radius 1 is 1.05 bits per heavy atom. The Morgan fingerprint density at radius 2 is 1.63 bits per heavy atom. The van der Waals surface area contributed by atoms with Gasteiger partial charge in [-0.15, -0.1) is 0 Å². The Balaban J connectivity index is 2.70. The van der Waals surface area contributed by atoms with Crippen LogP contribution in [0.2, 0.25) is 5.02 Å². The maximum Gasteiger partial charge on any atom is 0.180 e. The van der Waals surface area contributed by atoms with Crippen LogP contribution in [0, 0.1) is 0 Å². The summed E-state index contributed by atoms with van der Waals surface area (Å²) in [5, 5.41) is 23.1. The van der Waals surface area contributed by atoms with E-state index in [1.54, 1.807) is 48.5 Å². The molecule has 1 unspecified atom stereocenters. The van der Waals surface area contributed by atoms with Crippen LogP contribution in [-0.2, 0) is 5.60 Å². The number of halogens is 1. The van der Waals surface area contributed by atoms with Crippen LogP contribution >= 0.6 is 11.6 Å². The van der Waals surface area contributed by atoms with Gasteiger partial charge in [0.2, 0.25) is 0 Å². The maximum atomic E-state index is 10.9. The summed E-state index contributed by atoms with van der Waals surface area (Å²) in [5.41, 5.74) is 4.74. The van der Waals surface area contributed by atoms with E-state index in [1.165, 1.54) is 0 Å². The zero-order valence-corrected chi connectivity index (χ0v) is 10.7. The summed E-state index contributed by atoms with van der Waals surface area (Å²) < 4.78 is 0. The second-order valence-electron chi connectivity index (χ2n) is 4.04. The molecule has 19 heavy (non-hydrogen) atoms. The second kappa shape index (κ2) is 5.30. The molecule has 0 heterocycles. The molecule has 0 bridgehead atoms. The zero-order chi connectivity index (χ0) is 13.9. The largest absolute Gasteiger partial charge is 0.409 e. The first-order valence-corrected chi connectivity index (χ1v) is 5.99.